The van der Waals surface area contributed by atoms with E-state index in [1.54, 1.807) is 42.6 Å². The normalized spacial score (nSPS) is 9.56. The Bertz CT molecular complexity index is 632. The van der Waals surface area contributed by atoms with Crippen molar-refractivity contribution in [2.24, 2.45) is 0 Å². The molecular weight excluding hydrogens is 292 g/mol. The summed E-state index contributed by atoms with van der Waals surface area (Å²) in [6, 6.07) is 10.5. The highest BCUT2D eigenvalue weighted by atomic mass is 79.9. The van der Waals surface area contributed by atoms with Crippen molar-refractivity contribution in [1.29, 1.82) is 0 Å². The number of nitrogens with one attached hydrogen (secondary N) is 1. The maximum Gasteiger partial charge on any atom is 0.258 e. The van der Waals surface area contributed by atoms with Crippen LogP contribution in [0.25, 0.3) is 0 Å². The molecule has 2 rings (SSSR count). The molecule has 0 aliphatic heterocycles. The Labute approximate surface area is 113 Å². The van der Waals surface area contributed by atoms with Crippen LogP contribution in [0.4, 0.5) is 5.69 Å². The Kier molecular flexibility index (Phi) is 3.75. The standard InChI is InChI=1S/C14H9BrN2O/c1-2-10-5-3-6-11(9-10)17-14(18)12-7-4-8-16-13(12)15/h1,3-9H,(H,17,18). The fourth-order valence-electron chi connectivity index (χ4n) is 1.44. The number of carbonyl (C=O) groups excluding carboxylic acids is 1. The van der Waals surface area contributed by atoms with E-state index in [1.807, 2.05) is 0 Å². The Hall–Kier alpha value is -2.12. The van der Waals surface area contributed by atoms with Gasteiger partial charge < -0.3 is 5.32 Å². The number of rotatable bonds is 2. The summed E-state index contributed by atoms with van der Waals surface area (Å²) in [4.78, 5) is 16.0. The number of aromatic nitrogens is 1. The third-order valence-corrected chi connectivity index (χ3v) is 2.92. The number of carbonyl (C=O) groups is 1. The van der Waals surface area contributed by atoms with E-state index in [0.29, 0.717) is 15.9 Å². The second kappa shape index (κ2) is 5.48. The van der Waals surface area contributed by atoms with Gasteiger partial charge in [-0.1, -0.05) is 12.0 Å². The van der Waals surface area contributed by atoms with Crippen LogP contribution < -0.4 is 5.32 Å². The van der Waals surface area contributed by atoms with Gasteiger partial charge in [-0.3, -0.25) is 4.79 Å². The van der Waals surface area contributed by atoms with Crippen molar-refractivity contribution >= 4 is 27.5 Å². The summed E-state index contributed by atoms with van der Waals surface area (Å²) in [6.45, 7) is 0. The van der Waals surface area contributed by atoms with E-state index in [2.05, 4.69) is 32.2 Å². The second-order valence-electron chi connectivity index (χ2n) is 3.52. The monoisotopic (exact) mass is 300 g/mol. The molecule has 1 amide bonds. The highest BCUT2D eigenvalue weighted by Gasteiger charge is 2.10. The molecule has 0 bridgehead atoms. The van der Waals surface area contributed by atoms with Crippen LogP contribution in [0.3, 0.4) is 0 Å². The predicted octanol–water partition coefficient (Wildman–Crippen LogP) is 3.08. The molecule has 1 aromatic heterocycles. The summed E-state index contributed by atoms with van der Waals surface area (Å²) >= 11 is 3.23. The van der Waals surface area contributed by atoms with Gasteiger partial charge in [-0.15, -0.1) is 6.42 Å². The van der Waals surface area contributed by atoms with E-state index in [1.165, 1.54) is 0 Å². The summed E-state index contributed by atoms with van der Waals surface area (Å²) in [5, 5.41) is 2.77. The van der Waals surface area contributed by atoms with E-state index in [0.717, 1.165) is 5.56 Å². The minimum absolute atomic E-state index is 0.232. The molecular formula is C14H9BrN2O. The number of halogens is 1. The summed E-state index contributed by atoms with van der Waals surface area (Å²) in [5.74, 6) is 2.29. The van der Waals surface area contributed by atoms with Crippen molar-refractivity contribution in [3.63, 3.8) is 0 Å². The molecule has 0 unspecified atom stereocenters. The van der Waals surface area contributed by atoms with Crippen LogP contribution in [0, 0.1) is 12.3 Å². The third kappa shape index (κ3) is 2.76. The van der Waals surface area contributed by atoms with Gasteiger partial charge in [0, 0.05) is 17.4 Å². The molecule has 18 heavy (non-hydrogen) atoms. The van der Waals surface area contributed by atoms with Crippen LogP contribution >= 0.6 is 15.9 Å². The molecule has 0 atom stereocenters. The number of pyridine rings is 1. The molecule has 1 aromatic carbocycles. The largest absolute Gasteiger partial charge is 0.322 e. The minimum atomic E-state index is -0.232. The van der Waals surface area contributed by atoms with Gasteiger partial charge in [-0.05, 0) is 46.3 Å². The summed E-state index contributed by atoms with van der Waals surface area (Å²) in [6.07, 6.45) is 6.92. The van der Waals surface area contributed by atoms with Crippen LogP contribution in [0.1, 0.15) is 15.9 Å². The lowest BCUT2D eigenvalue weighted by Crippen LogP contribution is -2.13. The second-order valence-corrected chi connectivity index (χ2v) is 4.27. The highest BCUT2D eigenvalue weighted by Crippen LogP contribution is 2.16. The lowest BCUT2D eigenvalue weighted by atomic mass is 10.2. The quantitative estimate of drug-likeness (QED) is 0.684. The number of terminal acetylenes is 1. The lowest BCUT2D eigenvalue weighted by Gasteiger charge is -2.06. The first-order valence-corrected chi connectivity index (χ1v) is 5.98. The van der Waals surface area contributed by atoms with Gasteiger partial charge in [-0.2, -0.15) is 0 Å². The van der Waals surface area contributed by atoms with Crippen molar-refractivity contribution in [2.45, 2.75) is 0 Å². The summed E-state index contributed by atoms with van der Waals surface area (Å²) in [7, 11) is 0. The topological polar surface area (TPSA) is 42.0 Å². The molecule has 0 saturated carbocycles. The average molecular weight is 301 g/mol. The molecule has 0 fully saturated rings. The van der Waals surface area contributed by atoms with E-state index in [4.69, 9.17) is 6.42 Å². The number of amides is 1. The van der Waals surface area contributed by atoms with Gasteiger partial charge in [-0.25, -0.2) is 4.98 Å². The van der Waals surface area contributed by atoms with Crippen LogP contribution in [-0.4, -0.2) is 10.9 Å². The first-order valence-electron chi connectivity index (χ1n) is 5.19. The maximum atomic E-state index is 12.0. The summed E-state index contributed by atoms with van der Waals surface area (Å²) < 4.78 is 0.510. The van der Waals surface area contributed by atoms with Gasteiger partial charge in [0.25, 0.3) is 5.91 Å². The van der Waals surface area contributed by atoms with E-state index in [-0.39, 0.29) is 5.91 Å². The predicted molar refractivity (Wildman–Crippen MR) is 74.3 cm³/mol. The van der Waals surface area contributed by atoms with Crippen molar-refractivity contribution in [3.8, 4) is 12.3 Å². The Balaban J connectivity index is 2.22. The van der Waals surface area contributed by atoms with Crippen LogP contribution in [0.15, 0.2) is 47.2 Å². The van der Waals surface area contributed by atoms with Crippen molar-refractivity contribution < 1.29 is 4.79 Å². The van der Waals surface area contributed by atoms with Crippen molar-refractivity contribution in [3.05, 3.63) is 58.3 Å². The number of hydrogen-bond acceptors (Lipinski definition) is 2. The fraction of sp³-hybridized carbons (Fsp3) is 0. The number of anilines is 1. The molecule has 0 saturated heterocycles. The molecule has 1 heterocycles. The van der Waals surface area contributed by atoms with Crippen LogP contribution in [-0.2, 0) is 0 Å². The number of benzene rings is 1. The van der Waals surface area contributed by atoms with Crippen molar-refractivity contribution in [2.75, 3.05) is 5.32 Å². The molecule has 3 nitrogen and oxygen atoms in total. The van der Waals surface area contributed by atoms with Gasteiger partial charge in [0.15, 0.2) is 0 Å². The zero-order chi connectivity index (χ0) is 13.0. The highest BCUT2D eigenvalue weighted by molar-refractivity contribution is 9.10. The maximum absolute atomic E-state index is 12.0. The summed E-state index contributed by atoms with van der Waals surface area (Å²) in [5.41, 5.74) is 1.85. The lowest BCUT2D eigenvalue weighted by molar-refractivity contribution is 0.102. The average Bonchev–Trinajstić information content (AvgIpc) is 2.39. The fourth-order valence-corrected chi connectivity index (χ4v) is 1.87. The zero-order valence-corrected chi connectivity index (χ0v) is 10.9. The first-order chi connectivity index (χ1) is 8.70. The molecule has 1 N–H and O–H groups in total. The zero-order valence-electron chi connectivity index (χ0n) is 9.35. The first kappa shape index (κ1) is 12.3. The Morgan fingerprint density at radius 3 is 2.89 bits per heavy atom. The van der Waals surface area contributed by atoms with E-state index < -0.39 is 0 Å². The molecule has 4 heteroatoms. The van der Waals surface area contributed by atoms with Gasteiger partial charge in [0.1, 0.15) is 4.60 Å². The van der Waals surface area contributed by atoms with Crippen LogP contribution in [0.2, 0.25) is 0 Å². The van der Waals surface area contributed by atoms with Gasteiger partial charge in [0.2, 0.25) is 0 Å². The van der Waals surface area contributed by atoms with E-state index in [9.17, 15) is 4.79 Å². The van der Waals surface area contributed by atoms with Gasteiger partial charge >= 0.3 is 0 Å². The Morgan fingerprint density at radius 2 is 2.17 bits per heavy atom. The minimum Gasteiger partial charge on any atom is -0.322 e. The molecule has 2 aromatic rings. The molecule has 0 spiro atoms. The SMILES string of the molecule is C#Cc1cccc(NC(=O)c2cccnc2Br)c1. The molecule has 88 valence electrons. The Morgan fingerprint density at radius 1 is 1.33 bits per heavy atom. The number of hydrogen-bond donors (Lipinski definition) is 1. The molecule has 0 aliphatic rings. The van der Waals surface area contributed by atoms with Crippen molar-refractivity contribution in [1.82, 2.24) is 4.98 Å². The number of nitrogens with zero attached hydrogens (tertiary/aromatic N) is 1. The third-order valence-electron chi connectivity index (χ3n) is 2.29. The van der Waals surface area contributed by atoms with Crippen LogP contribution in [0.5, 0.6) is 0 Å². The smallest absolute Gasteiger partial charge is 0.258 e. The van der Waals surface area contributed by atoms with Gasteiger partial charge in [0.05, 0.1) is 5.56 Å². The molecule has 0 radical (unpaired) electrons. The van der Waals surface area contributed by atoms with E-state index >= 15 is 0 Å². The molecule has 0 aliphatic carbocycles.